The second kappa shape index (κ2) is 9.35. The molecule has 1 saturated heterocycles. The molecule has 4 heterocycles. The van der Waals surface area contributed by atoms with Crippen LogP contribution in [0.2, 0.25) is 10.0 Å². The fraction of sp³-hybridized carbons (Fsp3) is 0.308. The van der Waals surface area contributed by atoms with Crippen molar-refractivity contribution in [2.45, 2.75) is 25.7 Å². The molecule has 184 valence electrons. The van der Waals surface area contributed by atoms with E-state index in [0.29, 0.717) is 63.6 Å². The number of amides is 1. The van der Waals surface area contributed by atoms with Gasteiger partial charge in [0.05, 0.1) is 22.3 Å². The molecule has 1 amide bonds. The van der Waals surface area contributed by atoms with E-state index in [0.717, 1.165) is 31.6 Å². The Kier molecular flexibility index (Phi) is 6.03. The fourth-order valence-electron chi connectivity index (χ4n) is 5.21. The largest absolute Gasteiger partial charge is 0.324 e. The molecule has 1 fully saturated rings. The molecular formula is C26H25Cl2N7O. The predicted octanol–water partition coefficient (Wildman–Crippen LogP) is 4.89. The van der Waals surface area contributed by atoms with Gasteiger partial charge in [-0.1, -0.05) is 35.3 Å². The number of piperidine rings is 1. The maximum absolute atomic E-state index is 13.1. The van der Waals surface area contributed by atoms with Gasteiger partial charge in [-0.25, -0.2) is 4.98 Å². The first-order chi connectivity index (χ1) is 17.5. The Morgan fingerprint density at radius 1 is 1.06 bits per heavy atom. The number of nitrogens with zero attached hydrogens (tertiary/aromatic N) is 4. The van der Waals surface area contributed by atoms with Crippen molar-refractivity contribution < 1.29 is 4.79 Å². The molecule has 0 aliphatic carbocycles. The molecule has 2 aromatic carbocycles. The number of anilines is 3. The second-order valence-corrected chi connectivity index (χ2v) is 10.0. The van der Waals surface area contributed by atoms with Gasteiger partial charge >= 0.3 is 0 Å². The highest BCUT2D eigenvalue weighted by Gasteiger charge is 2.36. The van der Waals surface area contributed by atoms with Gasteiger partial charge in [0.25, 0.3) is 5.91 Å². The van der Waals surface area contributed by atoms with Crippen molar-refractivity contribution in [1.29, 1.82) is 0 Å². The van der Waals surface area contributed by atoms with Crippen molar-refractivity contribution in [3.8, 4) is 11.3 Å². The van der Waals surface area contributed by atoms with E-state index in [-0.39, 0.29) is 5.91 Å². The van der Waals surface area contributed by atoms with E-state index >= 15 is 0 Å². The first-order valence-corrected chi connectivity index (χ1v) is 12.8. The number of nitrogens with one attached hydrogen (secondary N) is 3. The molecule has 8 nitrogen and oxygen atoms in total. The maximum atomic E-state index is 13.1. The Morgan fingerprint density at radius 3 is 2.58 bits per heavy atom. The average molecular weight is 522 g/mol. The molecular weight excluding hydrogens is 497 g/mol. The van der Waals surface area contributed by atoms with Gasteiger partial charge in [-0.05, 0) is 74.2 Å². The van der Waals surface area contributed by atoms with E-state index in [9.17, 15) is 4.79 Å². The van der Waals surface area contributed by atoms with Crippen LogP contribution in [0.4, 0.5) is 17.5 Å². The lowest BCUT2D eigenvalue weighted by atomic mass is 9.87. The predicted molar refractivity (Wildman–Crippen MR) is 144 cm³/mol. The lowest BCUT2D eigenvalue weighted by Crippen LogP contribution is -2.48. The molecule has 0 spiro atoms. The quantitative estimate of drug-likeness (QED) is 0.452. The molecule has 3 N–H and O–H groups in total. The van der Waals surface area contributed by atoms with E-state index in [2.05, 4.69) is 46.1 Å². The van der Waals surface area contributed by atoms with Crippen LogP contribution in [0.15, 0.2) is 41.4 Å². The molecule has 0 unspecified atom stereocenters. The molecule has 10 heteroatoms. The van der Waals surface area contributed by atoms with Gasteiger partial charge in [0.1, 0.15) is 5.56 Å². The molecule has 0 atom stereocenters. The number of aliphatic imine (C=N–C) groups is 1. The summed E-state index contributed by atoms with van der Waals surface area (Å²) in [4.78, 5) is 28.9. The Hall–Kier alpha value is -3.20. The first kappa shape index (κ1) is 23.2. The van der Waals surface area contributed by atoms with Crippen LogP contribution >= 0.6 is 23.2 Å². The third-order valence-corrected chi connectivity index (χ3v) is 7.57. The number of rotatable bonds is 4. The maximum Gasteiger partial charge on any atom is 0.263 e. The SMILES string of the molecule is Cc1cc(Nc2nc(-c3c(Cl)cccc3Cl)c3c(n2)N2CCN=C2NC3=O)ccc1C1CCNCC1. The summed E-state index contributed by atoms with van der Waals surface area (Å²) in [5, 5.41) is 10.4. The van der Waals surface area contributed by atoms with Crippen molar-refractivity contribution in [1.82, 2.24) is 20.6 Å². The van der Waals surface area contributed by atoms with Crippen molar-refractivity contribution in [2.75, 3.05) is 36.4 Å². The summed E-state index contributed by atoms with van der Waals surface area (Å²) in [6.45, 7) is 5.42. The number of carbonyl (C=O) groups excluding carboxylic acids is 1. The third kappa shape index (κ3) is 4.09. The zero-order valence-electron chi connectivity index (χ0n) is 19.7. The van der Waals surface area contributed by atoms with E-state index in [4.69, 9.17) is 33.2 Å². The summed E-state index contributed by atoms with van der Waals surface area (Å²) in [6, 6.07) is 11.6. The standard InChI is InChI=1S/C26H25Cl2N7O/c1-14-13-16(5-6-17(14)15-7-9-29-10-8-15)31-25-32-22(20-18(27)3-2-4-19(20)28)21-23(33-25)35-12-11-30-26(35)34-24(21)36/h2-6,13,15,29H,7-12H2,1H3,(H,30,34,36)(H,31,32,33). The molecule has 0 radical (unpaired) electrons. The number of hydrogen-bond donors (Lipinski definition) is 3. The number of benzene rings is 2. The van der Waals surface area contributed by atoms with Gasteiger partial charge in [0, 0.05) is 17.8 Å². The number of aryl methyl sites for hydroxylation is 1. The van der Waals surface area contributed by atoms with Gasteiger partial charge in [0.15, 0.2) is 5.82 Å². The fourth-order valence-corrected chi connectivity index (χ4v) is 5.79. The third-order valence-electron chi connectivity index (χ3n) is 6.94. The van der Waals surface area contributed by atoms with Crippen molar-refractivity contribution >= 4 is 52.5 Å². The monoisotopic (exact) mass is 521 g/mol. The molecule has 36 heavy (non-hydrogen) atoms. The molecule has 3 aliphatic heterocycles. The number of aromatic nitrogens is 2. The normalized spacial score (nSPS) is 17.4. The van der Waals surface area contributed by atoms with Crippen molar-refractivity contribution in [3.05, 3.63) is 63.1 Å². The van der Waals surface area contributed by atoms with Crippen LogP contribution in [-0.4, -0.2) is 48.0 Å². The summed E-state index contributed by atoms with van der Waals surface area (Å²) in [6.07, 6.45) is 2.29. The molecule has 3 aliphatic rings. The van der Waals surface area contributed by atoms with Gasteiger partial charge in [-0.3, -0.25) is 20.0 Å². The Morgan fingerprint density at radius 2 is 1.83 bits per heavy atom. The summed E-state index contributed by atoms with van der Waals surface area (Å²) < 4.78 is 0. The number of hydrogen-bond acceptors (Lipinski definition) is 7. The summed E-state index contributed by atoms with van der Waals surface area (Å²) >= 11 is 13.1. The minimum absolute atomic E-state index is 0.328. The zero-order valence-corrected chi connectivity index (χ0v) is 21.2. The Bertz CT molecular complexity index is 1380. The topological polar surface area (TPSA) is 94.5 Å². The highest BCUT2D eigenvalue weighted by molar-refractivity contribution is 6.39. The van der Waals surface area contributed by atoms with E-state index < -0.39 is 0 Å². The summed E-state index contributed by atoms with van der Waals surface area (Å²) in [5.74, 6) is 1.58. The first-order valence-electron chi connectivity index (χ1n) is 12.1. The van der Waals surface area contributed by atoms with Gasteiger partial charge in [0.2, 0.25) is 11.9 Å². The van der Waals surface area contributed by atoms with Crippen LogP contribution in [0.3, 0.4) is 0 Å². The van der Waals surface area contributed by atoms with Crippen molar-refractivity contribution in [2.24, 2.45) is 4.99 Å². The van der Waals surface area contributed by atoms with Crippen LogP contribution in [-0.2, 0) is 0 Å². The second-order valence-electron chi connectivity index (χ2n) is 9.22. The van der Waals surface area contributed by atoms with Crippen LogP contribution in [0.1, 0.15) is 40.2 Å². The Labute approximate surface area is 219 Å². The lowest BCUT2D eigenvalue weighted by Gasteiger charge is -2.28. The molecule has 3 aromatic rings. The van der Waals surface area contributed by atoms with Crippen LogP contribution in [0, 0.1) is 6.92 Å². The minimum Gasteiger partial charge on any atom is -0.324 e. The van der Waals surface area contributed by atoms with Crippen LogP contribution in [0.5, 0.6) is 0 Å². The van der Waals surface area contributed by atoms with Gasteiger partial charge < -0.3 is 10.6 Å². The highest BCUT2D eigenvalue weighted by Crippen LogP contribution is 2.40. The van der Waals surface area contributed by atoms with E-state index in [1.807, 2.05) is 4.90 Å². The minimum atomic E-state index is -0.332. The number of carbonyl (C=O) groups is 1. The summed E-state index contributed by atoms with van der Waals surface area (Å²) in [5.41, 5.74) is 4.68. The number of fused-ring (bicyclic) bond motifs is 3. The number of halogens is 2. The van der Waals surface area contributed by atoms with Gasteiger partial charge in [-0.2, -0.15) is 4.98 Å². The average Bonchev–Trinajstić information content (AvgIpc) is 3.33. The Balaban J connectivity index is 1.43. The zero-order chi connectivity index (χ0) is 24.8. The molecule has 1 aromatic heterocycles. The smallest absolute Gasteiger partial charge is 0.263 e. The van der Waals surface area contributed by atoms with Crippen LogP contribution < -0.4 is 20.9 Å². The van der Waals surface area contributed by atoms with Crippen LogP contribution in [0.25, 0.3) is 11.3 Å². The molecule has 6 rings (SSSR count). The highest BCUT2D eigenvalue weighted by atomic mass is 35.5. The molecule has 0 saturated carbocycles. The van der Waals surface area contributed by atoms with E-state index in [1.54, 1.807) is 18.2 Å². The van der Waals surface area contributed by atoms with Gasteiger partial charge in [-0.15, -0.1) is 0 Å². The summed E-state index contributed by atoms with van der Waals surface area (Å²) in [7, 11) is 0. The van der Waals surface area contributed by atoms with E-state index in [1.165, 1.54) is 11.1 Å². The lowest BCUT2D eigenvalue weighted by molar-refractivity contribution is 0.0974. The molecule has 0 bridgehead atoms. The van der Waals surface area contributed by atoms with Crippen molar-refractivity contribution in [3.63, 3.8) is 0 Å². The number of guanidine groups is 1.